The Morgan fingerprint density at radius 2 is 1.69 bits per heavy atom. The summed E-state index contributed by atoms with van der Waals surface area (Å²) in [6.07, 6.45) is 0.984. The van der Waals surface area contributed by atoms with Crippen LogP contribution in [-0.4, -0.2) is 12.6 Å². The number of carbonyl (C=O) groups excluding carboxylic acids is 1. The maximum absolute atomic E-state index is 12.5. The van der Waals surface area contributed by atoms with Crippen molar-refractivity contribution in [2.45, 2.75) is 40.0 Å². The van der Waals surface area contributed by atoms with Gasteiger partial charge in [0.05, 0.1) is 16.6 Å². The zero-order chi connectivity index (χ0) is 19.3. The number of esters is 1. The van der Waals surface area contributed by atoms with E-state index < -0.39 is 0 Å². The Bertz CT molecular complexity index is 770. The zero-order valence-corrected chi connectivity index (χ0v) is 18.7. The Kier molecular flexibility index (Phi) is 7.71. The van der Waals surface area contributed by atoms with E-state index in [1.54, 1.807) is 18.2 Å². The van der Waals surface area contributed by atoms with Gasteiger partial charge in [-0.1, -0.05) is 43.6 Å². The number of ether oxygens (including phenoxy) is 2. The van der Waals surface area contributed by atoms with Gasteiger partial charge in [0, 0.05) is 4.47 Å². The molecule has 0 amide bonds. The van der Waals surface area contributed by atoms with Gasteiger partial charge in [0.15, 0.2) is 0 Å². The normalized spacial score (nSPS) is 11.1. The zero-order valence-electron chi connectivity index (χ0n) is 15.5. The fraction of sp³-hybridized carbons (Fsp3) is 0.381. The fourth-order valence-electron chi connectivity index (χ4n) is 2.37. The molecule has 0 aliphatic heterocycles. The molecule has 0 bridgehead atoms. The SMILES string of the molecule is CC(C)CCOc1ccc(C(=O)Oc2ccc(Br)cc2C(C)C)cc1Br. The van der Waals surface area contributed by atoms with Crippen LogP contribution in [-0.2, 0) is 0 Å². The van der Waals surface area contributed by atoms with Gasteiger partial charge in [0.25, 0.3) is 0 Å². The van der Waals surface area contributed by atoms with Crippen LogP contribution in [0.2, 0.25) is 0 Å². The molecule has 2 rings (SSSR count). The molecule has 0 saturated heterocycles. The van der Waals surface area contributed by atoms with E-state index >= 15 is 0 Å². The number of hydrogen-bond donors (Lipinski definition) is 0. The van der Waals surface area contributed by atoms with E-state index in [9.17, 15) is 4.79 Å². The predicted molar refractivity (Wildman–Crippen MR) is 112 cm³/mol. The minimum atomic E-state index is -0.386. The van der Waals surface area contributed by atoms with Crippen molar-refractivity contribution in [1.29, 1.82) is 0 Å². The van der Waals surface area contributed by atoms with E-state index in [4.69, 9.17) is 9.47 Å². The molecule has 0 aliphatic rings. The van der Waals surface area contributed by atoms with E-state index in [0.29, 0.717) is 23.8 Å². The molecular weight excluding hydrogens is 460 g/mol. The molecular formula is C21H24Br2O3. The maximum atomic E-state index is 12.5. The Morgan fingerprint density at radius 3 is 2.31 bits per heavy atom. The number of hydrogen-bond acceptors (Lipinski definition) is 3. The van der Waals surface area contributed by atoms with Crippen molar-refractivity contribution >= 4 is 37.8 Å². The van der Waals surface area contributed by atoms with Gasteiger partial charge in [-0.05, 0) is 76.1 Å². The lowest BCUT2D eigenvalue weighted by Crippen LogP contribution is -2.10. The van der Waals surface area contributed by atoms with E-state index in [0.717, 1.165) is 26.7 Å². The molecule has 26 heavy (non-hydrogen) atoms. The second-order valence-electron chi connectivity index (χ2n) is 6.90. The highest BCUT2D eigenvalue weighted by molar-refractivity contribution is 9.10. The van der Waals surface area contributed by atoms with E-state index in [-0.39, 0.29) is 11.9 Å². The second kappa shape index (κ2) is 9.56. The van der Waals surface area contributed by atoms with Gasteiger partial charge in [-0.25, -0.2) is 4.79 Å². The summed E-state index contributed by atoms with van der Waals surface area (Å²) in [7, 11) is 0. The smallest absolute Gasteiger partial charge is 0.343 e. The number of benzene rings is 2. The summed E-state index contributed by atoms with van der Waals surface area (Å²) in [6.45, 7) is 9.10. The number of halogens is 2. The minimum Gasteiger partial charge on any atom is -0.492 e. The molecule has 0 spiro atoms. The average molecular weight is 484 g/mol. The summed E-state index contributed by atoms with van der Waals surface area (Å²) in [4.78, 5) is 12.5. The minimum absolute atomic E-state index is 0.249. The van der Waals surface area contributed by atoms with Gasteiger partial charge < -0.3 is 9.47 Å². The monoisotopic (exact) mass is 482 g/mol. The first kappa shape index (κ1) is 21.0. The third-order valence-corrected chi connectivity index (χ3v) is 5.03. The summed E-state index contributed by atoms with van der Waals surface area (Å²) >= 11 is 6.94. The van der Waals surface area contributed by atoms with Crippen molar-refractivity contribution in [1.82, 2.24) is 0 Å². The van der Waals surface area contributed by atoms with Crippen LogP contribution in [0.4, 0.5) is 0 Å². The van der Waals surface area contributed by atoms with Crippen LogP contribution in [0.25, 0.3) is 0 Å². The van der Waals surface area contributed by atoms with E-state index in [2.05, 4.69) is 59.6 Å². The van der Waals surface area contributed by atoms with Crippen molar-refractivity contribution in [3.8, 4) is 11.5 Å². The molecule has 0 radical (unpaired) electrons. The topological polar surface area (TPSA) is 35.5 Å². The van der Waals surface area contributed by atoms with Crippen molar-refractivity contribution in [3.05, 3.63) is 56.5 Å². The fourth-order valence-corrected chi connectivity index (χ4v) is 3.24. The summed E-state index contributed by atoms with van der Waals surface area (Å²) in [5.74, 6) is 1.77. The van der Waals surface area contributed by atoms with Crippen LogP contribution in [0.5, 0.6) is 11.5 Å². The Hall–Kier alpha value is -1.33. The second-order valence-corrected chi connectivity index (χ2v) is 8.67. The predicted octanol–water partition coefficient (Wildman–Crippen LogP) is 6.98. The lowest BCUT2D eigenvalue weighted by Gasteiger charge is -2.14. The lowest BCUT2D eigenvalue weighted by atomic mass is 10.0. The molecule has 0 atom stereocenters. The van der Waals surface area contributed by atoms with Crippen molar-refractivity contribution in [2.75, 3.05) is 6.61 Å². The molecule has 0 unspecified atom stereocenters. The van der Waals surface area contributed by atoms with E-state index in [1.807, 2.05) is 18.2 Å². The Labute approximate surface area is 172 Å². The van der Waals surface area contributed by atoms with Crippen molar-refractivity contribution in [3.63, 3.8) is 0 Å². The van der Waals surface area contributed by atoms with Crippen molar-refractivity contribution in [2.24, 2.45) is 5.92 Å². The molecule has 0 heterocycles. The Morgan fingerprint density at radius 1 is 1.00 bits per heavy atom. The first-order chi connectivity index (χ1) is 12.3. The largest absolute Gasteiger partial charge is 0.492 e. The Balaban J connectivity index is 2.12. The van der Waals surface area contributed by atoms with Crippen molar-refractivity contribution < 1.29 is 14.3 Å². The van der Waals surface area contributed by atoms with Gasteiger partial charge >= 0.3 is 5.97 Å². The quantitative estimate of drug-likeness (QED) is 0.314. The molecule has 5 heteroatoms. The van der Waals surface area contributed by atoms with Crippen LogP contribution in [0.1, 0.15) is 56.0 Å². The summed E-state index contributed by atoms with van der Waals surface area (Å²) < 4.78 is 13.1. The van der Waals surface area contributed by atoms with Gasteiger partial charge in [0.1, 0.15) is 11.5 Å². The molecule has 2 aromatic rings. The lowest BCUT2D eigenvalue weighted by molar-refractivity contribution is 0.0732. The van der Waals surface area contributed by atoms with Crippen LogP contribution in [0, 0.1) is 5.92 Å². The highest BCUT2D eigenvalue weighted by Gasteiger charge is 2.15. The van der Waals surface area contributed by atoms with Gasteiger partial charge in [-0.15, -0.1) is 0 Å². The molecule has 2 aromatic carbocycles. The molecule has 0 aliphatic carbocycles. The average Bonchev–Trinajstić information content (AvgIpc) is 2.57. The van der Waals surface area contributed by atoms with Crippen LogP contribution in [0.15, 0.2) is 45.3 Å². The summed E-state index contributed by atoms with van der Waals surface area (Å²) in [5, 5.41) is 0. The number of rotatable bonds is 7. The molecule has 0 fully saturated rings. The van der Waals surface area contributed by atoms with E-state index in [1.165, 1.54) is 0 Å². The highest BCUT2D eigenvalue weighted by atomic mass is 79.9. The third-order valence-electron chi connectivity index (χ3n) is 3.92. The molecule has 0 saturated carbocycles. The molecule has 3 nitrogen and oxygen atoms in total. The van der Waals surface area contributed by atoms with Gasteiger partial charge in [-0.2, -0.15) is 0 Å². The number of carbonyl (C=O) groups is 1. The molecule has 0 aromatic heterocycles. The molecule has 0 N–H and O–H groups in total. The van der Waals surface area contributed by atoms with Crippen LogP contribution < -0.4 is 9.47 Å². The first-order valence-electron chi connectivity index (χ1n) is 8.72. The van der Waals surface area contributed by atoms with Crippen LogP contribution >= 0.6 is 31.9 Å². The standard InChI is InChI=1S/C21H24Br2O3/c1-13(2)9-10-25-20-7-5-15(11-18(20)23)21(24)26-19-8-6-16(22)12-17(19)14(3)4/h5-8,11-14H,9-10H2,1-4H3. The van der Waals surface area contributed by atoms with Gasteiger partial charge in [-0.3, -0.25) is 0 Å². The molecule has 140 valence electrons. The first-order valence-corrected chi connectivity index (χ1v) is 10.3. The van der Waals surface area contributed by atoms with Crippen LogP contribution in [0.3, 0.4) is 0 Å². The third kappa shape index (κ3) is 5.85. The summed E-state index contributed by atoms with van der Waals surface area (Å²) in [6, 6.07) is 10.9. The van der Waals surface area contributed by atoms with Gasteiger partial charge in [0.2, 0.25) is 0 Å². The summed E-state index contributed by atoms with van der Waals surface area (Å²) in [5.41, 5.74) is 1.46. The maximum Gasteiger partial charge on any atom is 0.343 e. The highest BCUT2D eigenvalue weighted by Crippen LogP contribution is 2.31.